The fraction of sp³-hybridized carbons (Fsp3) is 0.462. The second-order valence-electron chi connectivity index (χ2n) is 4.56. The lowest BCUT2D eigenvalue weighted by Crippen LogP contribution is -2.41. The van der Waals surface area contributed by atoms with Gasteiger partial charge < -0.3 is 4.74 Å². The first-order valence-corrected chi connectivity index (χ1v) is 6.42. The zero-order chi connectivity index (χ0) is 13.8. The average molecular weight is 264 g/mol. The minimum Gasteiger partial charge on any atom is -0.494 e. The molecule has 3 atom stereocenters. The molecule has 1 saturated heterocycles. The van der Waals surface area contributed by atoms with Crippen LogP contribution in [0.1, 0.15) is 25.5 Å². The first kappa shape index (κ1) is 13.8. The van der Waals surface area contributed by atoms with Crippen LogP contribution in [0.3, 0.4) is 0 Å². The van der Waals surface area contributed by atoms with Gasteiger partial charge >= 0.3 is 0 Å². The number of hydrazine groups is 2. The van der Waals surface area contributed by atoms with Crippen molar-refractivity contribution in [2.24, 2.45) is 11.8 Å². The van der Waals surface area contributed by atoms with Gasteiger partial charge in [-0.2, -0.15) is 0 Å². The molecular weight excluding hydrogens is 244 g/mol. The Morgan fingerprint density at radius 2 is 2.16 bits per heavy atom. The molecule has 1 fully saturated rings. The molecule has 3 unspecified atom stereocenters. The number of rotatable bonds is 4. The molecule has 0 aromatic heterocycles. The maximum Gasteiger partial charge on any atom is 0.240 e. The predicted molar refractivity (Wildman–Crippen MR) is 71.9 cm³/mol. The van der Waals surface area contributed by atoms with Crippen molar-refractivity contribution in [3.8, 4) is 5.75 Å². The van der Waals surface area contributed by atoms with Crippen molar-refractivity contribution in [2.45, 2.75) is 25.9 Å². The molecule has 1 amide bonds. The molecule has 104 valence electrons. The molecule has 0 bridgehead atoms. The van der Waals surface area contributed by atoms with E-state index in [1.807, 2.05) is 38.1 Å². The second kappa shape index (κ2) is 6.01. The fourth-order valence-corrected chi connectivity index (χ4v) is 2.46. The summed E-state index contributed by atoms with van der Waals surface area (Å²) in [6.07, 6.45) is 0. The zero-order valence-electron chi connectivity index (χ0n) is 11.1. The Bertz CT molecular complexity index is 452. The molecule has 5 N–H and O–H groups in total. The van der Waals surface area contributed by atoms with Gasteiger partial charge in [0.2, 0.25) is 5.91 Å². The largest absolute Gasteiger partial charge is 0.494 e. The van der Waals surface area contributed by atoms with E-state index in [0.717, 1.165) is 11.3 Å². The number of hydrogen-bond donors (Lipinski definition) is 4. The molecule has 1 aromatic rings. The summed E-state index contributed by atoms with van der Waals surface area (Å²) in [5, 5.41) is 0. The number of nitrogens with one attached hydrogen (secondary N) is 3. The lowest BCUT2D eigenvalue weighted by molar-refractivity contribution is -0.125. The molecule has 1 aliphatic heterocycles. The van der Waals surface area contributed by atoms with E-state index in [-0.39, 0.29) is 23.9 Å². The van der Waals surface area contributed by atoms with E-state index in [4.69, 9.17) is 10.6 Å². The lowest BCUT2D eigenvalue weighted by Gasteiger charge is -2.21. The monoisotopic (exact) mass is 264 g/mol. The lowest BCUT2D eigenvalue weighted by atomic mass is 9.89. The molecule has 0 aliphatic carbocycles. The molecular formula is C13H20N4O2. The van der Waals surface area contributed by atoms with Crippen molar-refractivity contribution in [1.29, 1.82) is 0 Å². The number of para-hydroxylation sites is 1. The maximum atomic E-state index is 11.9. The van der Waals surface area contributed by atoms with Gasteiger partial charge in [-0.05, 0) is 19.9 Å². The number of carbonyl (C=O) groups excluding carboxylic acids is 1. The van der Waals surface area contributed by atoms with Gasteiger partial charge in [-0.3, -0.25) is 15.6 Å². The normalized spacial score (nSPS) is 26.2. The second-order valence-corrected chi connectivity index (χ2v) is 4.56. The molecule has 1 aliphatic rings. The minimum absolute atomic E-state index is 0.0109. The smallest absolute Gasteiger partial charge is 0.240 e. The van der Waals surface area contributed by atoms with Gasteiger partial charge in [-0.15, -0.1) is 0 Å². The van der Waals surface area contributed by atoms with Gasteiger partial charge in [-0.25, -0.2) is 11.3 Å². The Labute approximate surface area is 112 Å². The fourth-order valence-electron chi connectivity index (χ4n) is 2.46. The van der Waals surface area contributed by atoms with Crippen LogP contribution in [0.4, 0.5) is 0 Å². The van der Waals surface area contributed by atoms with Crippen LogP contribution in [0.5, 0.6) is 5.75 Å². The van der Waals surface area contributed by atoms with E-state index in [0.29, 0.717) is 6.61 Å². The van der Waals surface area contributed by atoms with E-state index in [1.165, 1.54) is 0 Å². The standard InChI is InChI=1S/C13H20N4O2/c1-3-19-10-7-5-4-6-9(10)12-11(13(18)15-14)8(2)16-17-12/h4-8,11-12,16-17H,3,14H2,1-2H3,(H,15,18). The Hall–Kier alpha value is -1.63. The van der Waals surface area contributed by atoms with Crippen LogP contribution in [0.15, 0.2) is 24.3 Å². The summed E-state index contributed by atoms with van der Waals surface area (Å²) in [6.45, 7) is 4.46. The van der Waals surface area contributed by atoms with E-state index < -0.39 is 0 Å². The number of amides is 1. The highest BCUT2D eigenvalue weighted by Gasteiger charge is 2.40. The number of benzene rings is 1. The third-order valence-corrected chi connectivity index (χ3v) is 3.36. The van der Waals surface area contributed by atoms with Crippen LogP contribution >= 0.6 is 0 Å². The van der Waals surface area contributed by atoms with Crippen molar-refractivity contribution < 1.29 is 9.53 Å². The maximum absolute atomic E-state index is 11.9. The van der Waals surface area contributed by atoms with Crippen molar-refractivity contribution in [3.05, 3.63) is 29.8 Å². The van der Waals surface area contributed by atoms with E-state index in [9.17, 15) is 4.79 Å². The summed E-state index contributed by atoms with van der Waals surface area (Å²) < 4.78 is 5.62. The molecule has 6 heteroatoms. The Morgan fingerprint density at radius 1 is 1.42 bits per heavy atom. The Balaban J connectivity index is 2.32. The van der Waals surface area contributed by atoms with Crippen molar-refractivity contribution >= 4 is 5.91 Å². The average Bonchev–Trinajstić information content (AvgIpc) is 2.81. The topological polar surface area (TPSA) is 88.4 Å². The number of nitrogens with two attached hydrogens (primary N) is 1. The van der Waals surface area contributed by atoms with Crippen LogP contribution in [0.25, 0.3) is 0 Å². The quantitative estimate of drug-likeness (QED) is 0.355. The van der Waals surface area contributed by atoms with Crippen LogP contribution < -0.4 is 26.9 Å². The molecule has 19 heavy (non-hydrogen) atoms. The summed E-state index contributed by atoms with van der Waals surface area (Å²) in [5.41, 5.74) is 9.40. The molecule has 0 radical (unpaired) electrons. The van der Waals surface area contributed by atoms with Crippen LogP contribution in [0, 0.1) is 5.92 Å². The number of carbonyl (C=O) groups is 1. The summed E-state index contributed by atoms with van der Waals surface area (Å²) in [6, 6.07) is 7.53. The van der Waals surface area contributed by atoms with Gasteiger partial charge in [0.1, 0.15) is 5.75 Å². The summed E-state index contributed by atoms with van der Waals surface area (Å²) in [5.74, 6) is 5.57. The van der Waals surface area contributed by atoms with Gasteiger partial charge in [0.05, 0.1) is 18.6 Å². The Morgan fingerprint density at radius 3 is 2.84 bits per heavy atom. The molecule has 0 spiro atoms. The number of ether oxygens (including phenoxy) is 1. The molecule has 1 heterocycles. The highest BCUT2D eigenvalue weighted by Crippen LogP contribution is 2.34. The van der Waals surface area contributed by atoms with E-state index in [2.05, 4.69) is 16.3 Å². The summed E-state index contributed by atoms with van der Waals surface area (Å²) >= 11 is 0. The third-order valence-electron chi connectivity index (χ3n) is 3.36. The SMILES string of the molecule is CCOc1ccccc1C1NNC(C)C1C(=O)NN. The van der Waals surface area contributed by atoms with Crippen molar-refractivity contribution in [2.75, 3.05) is 6.61 Å². The first-order chi connectivity index (χ1) is 9.19. The third kappa shape index (κ3) is 2.70. The van der Waals surface area contributed by atoms with Crippen LogP contribution in [0.2, 0.25) is 0 Å². The highest BCUT2D eigenvalue weighted by molar-refractivity contribution is 5.80. The number of hydrogen-bond acceptors (Lipinski definition) is 5. The molecule has 6 nitrogen and oxygen atoms in total. The van der Waals surface area contributed by atoms with Crippen molar-refractivity contribution in [3.63, 3.8) is 0 Å². The van der Waals surface area contributed by atoms with Gasteiger partial charge in [-0.1, -0.05) is 18.2 Å². The summed E-state index contributed by atoms with van der Waals surface area (Å²) in [4.78, 5) is 11.9. The van der Waals surface area contributed by atoms with Gasteiger partial charge in [0.25, 0.3) is 0 Å². The Kier molecular flexibility index (Phi) is 4.36. The van der Waals surface area contributed by atoms with Crippen LogP contribution in [-0.2, 0) is 4.79 Å². The first-order valence-electron chi connectivity index (χ1n) is 6.42. The van der Waals surface area contributed by atoms with Gasteiger partial charge in [0, 0.05) is 11.6 Å². The molecule has 0 saturated carbocycles. The zero-order valence-corrected chi connectivity index (χ0v) is 11.1. The van der Waals surface area contributed by atoms with Crippen LogP contribution in [-0.4, -0.2) is 18.6 Å². The highest BCUT2D eigenvalue weighted by atomic mass is 16.5. The predicted octanol–water partition coefficient (Wildman–Crippen LogP) is 0.229. The van der Waals surface area contributed by atoms with E-state index in [1.54, 1.807) is 0 Å². The van der Waals surface area contributed by atoms with Gasteiger partial charge in [0.15, 0.2) is 0 Å². The van der Waals surface area contributed by atoms with E-state index >= 15 is 0 Å². The summed E-state index contributed by atoms with van der Waals surface area (Å²) in [7, 11) is 0. The molecule has 1 aromatic carbocycles. The minimum atomic E-state index is -0.286. The molecule has 2 rings (SSSR count). The van der Waals surface area contributed by atoms with Crippen molar-refractivity contribution in [1.82, 2.24) is 16.3 Å².